The summed E-state index contributed by atoms with van der Waals surface area (Å²) >= 11 is 0. The lowest BCUT2D eigenvalue weighted by Gasteiger charge is -2.16. The number of amides is 1. The molecule has 0 fully saturated rings. The summed E-state index contributed by atoms with van der Waals surface area (Å²) < 4.78 is 26.0. The van der Waals surface area contributed by atoms with E-state index in [4.69, 9.17) is 0 Å². The molecule has 2 N–H and O–H groups in total. The second-order valence-corrected chi connectivity index (χ2v) is 4.80. The van der Waals surface area contributed by atoms with Crippen molar-refractivity contribution in [1.82, 2.24) is 0 Å². The summed E-state index contributed by atoms with van der Waals surface area (Å²) in [6, 6.07) is 10.2. The number of anilines is 2. The van der Waals surface area contributed by atoms with Crippen molar-refractivity contribution in [1.29, 1.82) is 0 Å². The predicted molar refractivity (Wildman–Crippen MR) is 79.3 cm³/mol. The van der Waals surface area contributed by atoms with Gasteiger partial charge in [-0.1, -0.05) is 18.2 Å². The van der Waals surface area contributed by atoms with Gasteiger partial charge < -0.3 is 10.6 Å². The summed E-state index contributed by atoms with van der Waals surface area (Å²) in [5, 5.41) is 5.62. The van der Waals surface area contributed by atoms with E-state index in [1.54, 1.807) is 13.0 Å². The maximum atomic E-state index is 13.1. The van der Waals surface area contributed by atoms with Crippen LogP contribution >= 0.6 is 0 Å². The van der Waals surface area contributed by atoms with Gasteiger partial charge in [0, 0.05) is 17.4 Å². The topological polar surface area (TPSA) is 41.1 Å². The van der Waals surface area contributed by atoms with Crippen molar-refractivity contribution < 1.29 is 13.6 Å². The van der Waals surface area contributed by atoms with Gasteiger partial charge in [0.1, 0.15) is 6.04 Å². The Kier molecular flexibility index (Phi) is 4.52. The lowest BCUT2D eigenvalue weighted by atomic mass is 10.2. The van der Waals surface area contributed by atoms with Crippen molar-refractivity contribution in [3.05, 3.63) is 59.7 Å². The summed E-state index contributed by atoms with van der Waals surface area (Å²) in [5.41, 5.74) is 2.02. The minimum absolute atomic E-state index is 0.256. The molecule has 0 aromatic heterocycles. The van der Waals surface area contributed by atoms with Crippen LogP contribution in [0.3, 0.4) is 0 Å². The number of para-hydroxylation sites is 1. The van der Waals surface area contributed by atoms with Crippen molar-refractivity contribution in [2.24, 2.45) is 0 Å². The first-order valence-corrected chi connectivity index (χ1v) is 6.55. The highest BCUT2D eigenvalue weighted by Gasteiger charge is 2.14. The van der Waals surface area contributed by atoms with E-state index >= 15 is 0 Å². The molecule has 2 aromatic carbocycles. The normalized spacial score (nSPS) is 11.8. The standard InChI is InChI=1S/C16H16F2N2O/c1-10-5-3-4-6-15(10)20-16(21)11(2)19-12-7-8-13(17)14(18)9-12/h3-9,11,19H,1-2H3,(H,20,21). The summed E-state index contributed by atoms with van der Waals surface area (Å²) in [5.74, 6) is -2.13. The number of carbonyl (C=O) groups excluding carboxylic acids is 1. The largest absolute Gasteiger partial charge is 0.374 e. The van der Waals surface area contributed by atoms with E-state index in [0.717, 1.165) is 23.4 Å². The lowest BCUT2D eigenvalue weighted by Crippen LogP contribution is -2.32. The predicted octanol–water partition coefficient (Wildman–Crippen LogP) is 3.71. The zero-order valence-electron chi connectivity index (χ0n) is 11.8. The molecule has 1 amide bonds. The molecule has 5 heteroatoms. The quantitative estimate of drug-likeness (QED) is 0.901. The second kappa shape index (κ2) is 6.35. The van der Waals surface area contributed by atoms with Crippen molar-refractivity contribution in [3.63, 3.8) is 0 Å². The molecular weight excluding hydrogens is 274 g/mol. The Labute approximate surface area is 122 Å². The fourth-order valence-corrected chi connectivity index (χ4v) is 1.86. The van der Waals surface area contributed by atoms with Crippen LogP contribution in [0.5, 0.6) is 0 Å². The lowest BCUT2D eigenvalue weighted by molar-refractivity contribution is -0.116. The van der Waals surface area contributed by atoms with Gasteiger partial charge in [0.2, 0.25) is 5.91 Å². The summed E-state index contributed by atoms with van der Waals surface area (Å²) in [6.07, 6.45) is 0. The number of benzene rings is 2. The summed E-state index contributed by atoms with van der Waals surface area (Å²) in [7, 11) is 0. The third kappa shape index (κ3) is 3.78. The Morgan fingerprint density at radius 3 is 2.48 bits per heavy atom. The molecule has 1 unspecified atom stereocenters. The minimum atomic E-state index is -0.952. The van der Waals surface area contributed by atoms with Crippen LogP contribution in [0.2, 0.25) is 0 Å². The minimum Gasteiger partial charge on any atom is -0.374 e. The Bertz CT molecular complexity index is 658. The molecular formula is C16H16F2N2O. The molecule has 0 saturated carbocycles. The maximum Gasteiger partial charge on any atom is 0.246 e. The number of hydrogen-bond acceptors (Lipinski definition) is 2. The molecule has 110 valence electrons. The van der Waals surface area contributed by atoms with Gasteiger partial charge in [-0.15, -0.1) is 0 Å². The Morgan fingerprint density at radius 1 is 1.10 bits per heavy atom. The van der Waals surface area contributed by atoms with Crippen molar-refractivity contribution in [3.8, 4) is 0 Å². The van der Waals surface area contributed by atoms with Crippen molar-refractivity contribution in [2.75, 3.05) is 10.6 Å². The van der Waals surface area contributed by atoms with Gasteiger partial charge in [-0.05, 0) is 37.6 Å². The van der Waals surface area contributed by atoms with Crippen molar-refractivity contribution in [2.45, 2.75) is 19.9 Å². The van der Waals surface area contributed by atoms with Gasteiger partial charge in [0.05, 0.1) is 0 Å². The van der Waals surface area contributed by atoms with E-state index < -0.39 is 17.7 Å². The van der Waals surface area contributed by atoms with E-state index in [-0.39, 0.29) is 5.91 Å². The molecule has 0 aliphatic rings. The number of rotatable bonds is 4. The zero-order chi connectivity index (χ0) is 15.4. The number of halogens is 2. The highest BCUT2D eigenvalue weighted by atomic mass is 19.2. The summed E-state index contributed by atoms with van der Waals surface area (Å²) in [6.45, 7) is 3.54. The number of hydrogen-bond donors (Lipinski definition) is 2. The van der Waals surface area contributed by atoms with Gasteiger partial charge in [0.25, 0.3) is 0 Å². The van der Waals surface area contributed by atoms with Gasteiger partial charge >= 0.3 is 0 Å². The average Bonchev–Trinajstić information content (AvgIpc) is 2.45. The van der Waals surface area contributed by atoms with Crippen LogP contribution < -0.4 is 10.6 Å². The van der Waals surface area contributed by atoms with Crippen LogP contribution in [0.25, 0.3) is 0 Å². The monoisotopic (exact) mass is 290 g/mol. The van der Waals surface area contributed by atoms with Crippen LogP contribution in [0.4, 0.5) is 20.2 Å². The van der Waals surface area contributed by atoms with Crippen LogP contribution in [-0.4, -0.2) is 11.9 Å². The first kappa shape index (κ1) is 15.0. The van der Waals surface area contributed by atoms with Crippen LogP contribution in [0.1, 0.15) is 12.5 Å². The maximum absolute atomic E-state index is 13.1. The molecule has 0 saturated heterocycles. The van der Waals surface area contributed by atoms with Gasteiger partial charge in [-0.3, -0.25) is 4.79 Å². The van der Waals surface area contributed by atoms with Crippen LogP contribution in [-0.2, 0) is 4.79 Å². The number of aryl methyl sites for hydroxylation is 1. The number of carbonyl (C=O) groups is 1. The highest BCUT2D eigenvalue weighted by Crippen LogP contribution is 2.16. The third-order valence-electron chi connectivity index (χ3n) is 3.10. The fourth-order valence-electron chi connectivity index (χ4n) is 1.86. The van der Waals surface area contributed by atoms with E-state index in [1.165, 1.54) is 6.07 Å². The van der Waals surface area contributed by atoms with E-state index in [2.05, 4.69) is 10.6 Å². The number of nitrogens with one attached hydrogen (secondary N) is 2. The third-order valence-corrected chi connectivity index (χ3v) is 3.10. The van der Waals surface area contributed by atoms with Crippen LogP contribution in [0, 0.1) is 18.6 Å². The molecule has 21 heavy (non-hydrogen) atoms. The summed E-state index contributed by atoms with van der Waals surface area (Å²) in [4.78, 5) is 12.1. The molecule has 0 spiro atoms. The van der Waals surface area contributed by atoms with Gasteiger partial charge in [0.15, 0.2) is 11.6 Å². The first-order valence-electron chi connectivity index (χ1n) is 6.55. The van der Waals surface area contributed by atoms with Gasteiger partial charge in [-0.25, -0.2) is 8.78 Å². The van der Waals surface area contributed by atoms with Crippen molar-refractivity contribution >= 4 is 17.3 Å². The highest BCUT2D eigenvalue weighted by molar-refractivity contribution is 5.96. The molecule has 2 aromatic rings. The molecule has 2 rings (SSSR count). The van der Waals surface area contributed by atoms with E-state index in [1.807, 2.05) is 25.1 Å². The Balaban J connectivity index is 2.02. The molecule has 0 aliphatic carbocycles. The second-order valence-electron chi connectivity index (χ2n) is 4.80. The van der Waals surface area contributed by atoms with Crippen LogP contribution in [0.15, 0.2) is 42.5 Å². The van der Waals surface area contributed by atoms with E-state index in [9.17, 15) is 13.6 Å². The molecule has 0 heterocycles. The Morgan fingerprint density at radius 2 is 1.81 bits per heavy atom. The molecule has 1 atom stereocenters. The zero-order valence-corrected chi connectivity index (χ0v) is 11.8. The van der Waals surface area contributed by atoms with E-state index in [0.29, 0.717) is 5.69 Å². The fraction of sp³-hybridized carbons (Fsp3) is 0.188. The molecule has 3 nitrogen and oxygen atoms in total. The van der Waals surface area contributed by atoms with Gasteiger partial charge in [-0.2, -0.15) is 0 Å². The molecule has 0 aliphatic heterocycles. The smallest absolute Gasteiger partial charge is 0.246 e. The molecule has 0 bridgehead atoms. The molecule has 0 radical (unpaired) electrons. The SMILES string of the molecule is Cc1ccccc1NC(=O)C(C)Nc1ccc(F)c(F)c1. The average molecular weight is 290 g/mol. The first-order chi connectivity index (χ1) is 9.97. The Hall–Kier alpha value is -2.43.